The summed E-state index contributed by atoms with van der Waals surface area (Å²) >= 11 is 0. The van der Waals surface area contributed by atoms with Gasteiger partial charge in [-0.15, -0.1) is 0 Å². The Hall–Kier alpha value is -1.92. The van der Waals surface area contributed by atoms with E-state index in [1.165, 1.54) is 16.0 Å². The Balaban J connectivity index is 1.50. The number of hydrogen-bond acceptors (Lipinski definition) is 4. The molecule has 1 aromatic carbocycles. The van der Waals surface area contributed by atoms with Crippen molar-refractivity contribution in [1.29, 1.82) is 0 Å². The lowest BCUT2D eigenvalue weighted by molar-refractivity contribution is -0.132. The van der Waals surface area contributed by atoms with E-state index in [9.17, 15) is 9.59 Å². The molecule has 2 aliphatic rings. The number of benzene rings is 1. The zero-order chi connectivity index (χ0) is 20.3. The van der Waals surface area contributed by atoms with Crippen molar-refractivity contribution in [3.05, 3.63) is 35.4 Å². The van der Waals surface area contributed by atoms with Gasteiger partial charge < -0.3 is 5.32 Å². The second-order valence-corrected chi connectivity index (χ2v) is 8.95. The van der Waals surface area contributed by atoms with Crippen LogP contribution < -0.4 is 5.32 Å². The van der Waals surface area contributed by atoms with Gasteiger partial charge in [-0.1, -0.05) is 43.7 Å². The molecule has 2 fully saturated rings. The summed E-state index contributed by atoms with van der Waals surface area (Å²) in [5, 5.41) is 2.92. The van der Waals surface area contributed by atoms with E-state index >= 15 is 0 Å². The lowest BCUT2D eigenvalue weighted by atomic mass is 9.92. The van der Waals surface area contributed by atoms with Crippen LogP contribution in [0.2, 0.25) is 0 Å². The number of carbonyl (C=O) groups is 2. The van der Waals surface area contributed by atoms with E-state index in [0.29, 0.717) is 19.0 Å². The largest absolute Gasteiger partial charge is 0.326 e. The molecular weight excluding hydrogens is 352 g/mol. The van der Waals surface area contributed by atoms with E-state index in [1.54, 1.807) is 0 Å². The molecule has 3 rings (SSSR count). The van der Waals surface area contributed by atoms with Crippen molar-refractivity contribution in [2.24, 2.45) is 5.92 Å². The highest BCUT2D eigenvalue weighted by Crippen LogP contribution is 2.25. The molecule has 0 unspecified atom stereocenters. The number of nitrogens with one attached hydrogen (secondary N) is 1. The van der Waals surface area contributed by atoms with Crippen molar-refractivity contribution in [2.75, 3.05) is 32.8 Å². The van der Waals surface area contributed by atoms with Crippen LogP contribution in [0.25, 0.3) is 0 Å². The first-order chi connectivity index (χ1) is 13.3. The van der Waals surface area contributed by atoms with Crippen molar-refractivity contribution < 1.29 is 9.59 Å². The first-order valence-corrected chi connectivity index (χ1v) is 10.4. The Bertz CT molecular complexity index is 712. The molecule has 2 aliphatic heterocycles. The predicted molar refractivity (Wildman–Crippen MR) is 111 cm³/mol. The molecule has 0 aliphatic carbocycles. The Labute approximate surface area is 168 Å². The summed E-state index contributed by atoms with van der Waals surface area (Å²) in [6.07, 6.45) is 1.62. The van der Waals surface area contributed by atoms with Crippen LogP contribution in [0.15, 0.2) is 24.3 Å². The second kappa shape index (κ2) is 8.62. The van der Waals surface area contributed by atoms with Gasteiger partial charge in [0.15, 0.2) is 0 Å². The molecule has 0 radical (unpaired) electrons. The maximum Gasteiger partial charge on any atom is 0.326 e. The summed E-state index contributed by atoms with van der Waals surface area (Å²) in [5.74, 6) is 0.428. The van der Waals surface area contributed by atoms with Crippen LogP contribution in [0.5, 0.6) is 0 Å². The molecule has 1 aromatic rings. The summed E-state index contributed by atoms with van der Waals surface area (Å²) in [5.41, 5.74) is 1.87. The first kappa shape index (κ1) is 20.8. The minimum atomic E-state index is -0.756. The van der Waals surface area contributed by atoms with Crippen molar-refractivity contribution in [3.8, 4) is 0 Å². The number of hydrogen-bond donors (Lipinski definition) is 1. The van der Waals surface area contributed by atoms with Crippen LogP contribution in [-0.4, -0.2) is 65.0 Å². The molecule has 0 bridgehead atoms. The molecule has 2 saturated heterocycles. The zero-order valence-electron chi connectivity index (χ0n) is 17.7. The van der Waals surface area contributed by atoms with Crippen LogP contribution in [0, 0.1) is 12.8 Å². The maximum atomic E-state index is 12.9. The third-order valence-corrected chi connectivity index (χ3v) is 5.86. The topological polar surface area (TPSA) is 55.9 Å². The SMILES string of the molecule is Cc1cccc(CN2CCN(CN3C(=O)N[C@](C)(CCC(C)C)C3=O)CC2)c1. The number of imide groups is 1. The quantitative estimate of drug-likeness (QED) is 0.732. The van der Waals surface area contributed by atoms with Crippen LogP contribution in [0.4, 0.5) is 4.79 Å². The zero-order valence-corrected chi connectivity index (χ0v) is 17.7. The molecule has 3 amide bonds. The molecule has 1 atom stereocenters. The first-order valence-electron chi connectivity index (χ1n) is 10.4. The molecule has 2 heterocycles. The summed E-state index contributed by atoms with van der Waals surface area (Å²) < 4.78 is 0. The molecule has 1 N–H and O–H groups in total. The van der Waals surface area contributed by atoms with E-state index < -0.39 is 5.54 Å². The number of carbonyl (C=O) groups excluding carboxylic acids is 2. The van der Waals surface area contributed by atoms with Gasteiger partial charge in [0.2, 0.25) is 0 Å². The molecule has 0 saturated carbocycles. The number of urea groups is 1. The van der Waals surface area contributed by atoms with Gasteiger partial charge in [-0.05, 0) is 38.2 Å². The summed E-state index contributed by atoms with van der Waals surface area (Å²) in [4.78, 5) is 31.3. The molecular formula is C22H34N4O2. The van der Waals surface area contributed by atoms with Crippen LogP contribution in [0.1, 0.15) is 44.7 Å². The molecule has 154 valence electrons. The molecule has 28 heavy (non-hydrogen) atoms. The highest BCUT2D eigenvalue weighted by atomic mass is 16.2. The van der Waals surface area contributed by atoms with Crippen molar-refractivity contribution in [3.63, 3.8) is 0 Å². The summed E-state index contributed by atoms with van der Waals surface area (Å²) in [6.45, 7) is 13.2. The molecule has 6 heteroatoms. The lowest BCUT2D eigenvalue weighted by Gasteiger charge is -2.36. The fourth-order valence-corrected chi connectivity index (χ4v) is 3.98. The average Bonchev–Trinajstić information content (AvgIpc) is 2.85. The van der Waals surface area contributed by atoms with Crippen LogP contribution in [0.3, 0.4) is 0 Å². The highest BCUT2D eigenvalue weighted by molar-refractivity contribution is 6.06. The second-order valence-electron chi connectivity index (χ2n) is 8.95. The predicted octanol–water partition coefficient (Wildman–Crippen LogP) is 2.82. The van der Waals surface area contributed by atoms with Gasteiger partial charge in [-0.25, -0.2) is 9.69 Å². The van der Waals surface area contributed by atoms with Gasteiger partial charge in [0, 0.05) is 32.7 Å². The Morgan fingerprint density at radius 1 is 1.11 bits per heavy atom. The van der Waals surface area contributed by atoms with E-state index in [-0.39, 0.29) is 11.9 Å². The Kier molecular flexibility index (Phi) is 6.40. The smallest absolute Gasteiger partial charge is 0.323 e. The maximum absolute atomic E-state index is 12.9. The third-order valence-electron chi connectivity index (χ3n) is 5.86. The minimum Gasteiger partial charge on any atom is -0.323 e. The number of piperazine rings is 1. The Morgan fingerprint density at radius 3 is 2.43 bits per heavy atom. The van der Waals surface area contributed by atoms with Crippen molar-refractivity contribution in [2.45, 2.75) is 52.6 Å². The summed E-state index contributed by atoms with van der Waals surface area (Å²) in [7, 11) is 0. The fraction of sp³-hybridized carbons (Fsp3) is 0.636. The number of nitrogens with zero attached hydrogens (tertiary/aromatic N) is 3. The Morgan fingerprint density at radius 2 is 1.79 bits per heavy atom. The van der Waals surface area contributed by atoms with Crippen LogP contribution in [-0.2, 0) is 11.3 Å². The number of rotatable bonds is 7. The van der Waals surface area contributed by atoms with Gasteiger partial charge in [-0.2, -0.15) is 0 Å². The molecule has 0 aromatic heterocycles. The van der Waals surface area contributed by atoms with Crippen molar-refractivity contribution in [1.82, 2.24) is 20.0 Å². The van der Waals surface area contributed by atoms with Gasteiger partial charge in [0.1, 0.15) is 5.54 Å². The van der Waals surface area contributed by atoms with Gasteiger partial charge in [0.05, 0.1) is 6.67 Å². The number of amides is 3. The molecule has 6 nitrogen and oxygen atoms in total. The van der Waals surface area contributed by atoms with Gasteiger partial charge in [0.25, 0.3) is 5.91 Å². The third kappa shape index (κ3) is 4.92. The van der Waals surface area contributed by atoms with E-state index in [4.69, 9.17) is 0 Å². The van der Waals surface area contributed by atoms with Gasteiger partial charge in [-0.3, -0.25) is 14.6 Å². The monoisotopic (exact) mass is 386 g/mol. The lowest BCUT2D eigenvalue weighted by Crippen LogP contribution is -2.51. The normalized spacial score (nSPS) is 24.2. The minimum absolute atomic E-state index is 0.0830. The van der Waals surface area contributed by atoms with Crippen LogP contribution >= 0.6 is 0 Å². The summed E-state index contributed by atoms with van der Waals surface area (Å²) in [6, 6.07) is 8.38. The van der Waals surface area contributed by atoms with E-state index in [1.807, 2.05) is 6.92 Å². The molecule has 0 spiro atoms. The number of aryl methyl sites for hydroxylation is 1. The average molecular weight is 387 g/mol. The highest BCUT2D eigenvalue weighted by Gasteiger charge is 2.47. The van der Waals surface area contributed by atoms with Gasteiger partial charge >= 0.3 is 6.03 Å². The van der Waals surface area contributed by atoms with E-state index in [2.05, 4.69) is 60.2 Å². The van der Waals surface area contributed by atoms with Crippen molar-refractivity contribution >= 4 is 11.9 Å². The standard InChI is InChI=1S/C22H34N4O2/c1-17(2)8-9-22(4)20(27)26(21(28)23-22)16-25-12-10-24(11-13-25)15-19-7-5-6-18(3)14-19/h5-7,14,17H,8-13,15-16H2,1-4H3,(H,23,28)/t22-/m1/s1. The van der Waals surface area contributed by atoms with E-state index in [0.717, 1.165) is 39.1 Å². The fourth-order valence-electron chi connectivity index (χ4n) is 3.98.